The number of esters is 1. The molecule has 0 spiro atoms. The molecule has 3 aromatic rings. The van der Waals surface area contributed by atoms with E-state index in [1.54, 1.807) is 11.4 Å². The quantitative estimate of drug-likeness (QED) is 0.641. The number of rotatable bonds is 3. The zero-order chi connectivity index (χ0) is 19.9. The van der Waals surface area contributed by atoms with E-state index in [2.05, 4.69) is 36.1 Å². The fourth-order valence-corrected chi connectivity index (χ4v) is 4.62. The van der Waals surface area contributed by atoms with Gasteiger partial charge in [-0.15, -0.1) is 22.7 Å². The van der Waals surface area contributed by atoms with Gasteiger partial charge in [0.1, 0.15) is 15.5 Å². The van der Waals surface area contributed by atoms with Gasteiger partial charge >= 0.3 is 5.97 Å². The van der Waals surface area contributed by atoms with Crippen LogP contribution in [0, 0.1) is 13.8 Å². The Bertz CT molecular complexity index is 1040. The minimum absolute atomic E-state index is 0.175. The van der Waals surface area contributed by atoms with Crippen molar-refractivity contribution in [1.82, 2.24) is 9.97 Å². The first-order chi connectivity index (χ1) is 12.6. The molecule has 0 radical (unpaired) electrons. The number of nitrogens with zero attached hydrogens (tertiary/aromatic N) is 2. The highest BCUT2D eigenvalue weighted by atomic mass is 32.1. The molecule has 0 aliphatic carbocycles. The standard InChI is InChI=1S/C19H21N3O3S2/c1-9-12-10(2)20-18(19(3,4)5)22-16(12)27-13(9)15(23)21-11-7-8-26-14(11)17(24)25-6/h7-8H,1-6H3,(H,21,23). The lowest BCUT2D eigenvalue weighted by atomic mass is 9.95. The predicted molar refractivity (Wildman–Crippen MR) is 109 cm³/mol. The molecule has 0 saturated heterocycles. The first-order valence-electron chi connectivity index (χ1n) is 8.39. The molecule has 0 bridgehead atoms. The molecule has 1 N–H and O–H groups in total. The lowest BCUT2D eigenvalue weighted by Gasteiger charge is -2.16. The van der Waals surface area contributed by atoms with Gasteiger partial charge < -0.3 is 10.1 Å². The number of anilines is 1. The number of thiophene rings is 2. The zero-order valence-corrected chi connectivity index (χ0v) is 17.7. The van der Waals surface area contributed by atoms with Gasteiger partial charge in [0, 0.05) is 10.8 Å². The first kappa shape index (κ1) is 19.4. The van der Waals surface area contributed by atoms with Crippen molar-refractivity contribution < 1.29 is 14.3 Å². The Morgan fingerprint density at radius 2 is 1.85 bits per heavy atom. The van der Waals surface area contributed by atoms with E-state index in [1.165, 1.54) is 29.8 Å². The summed E-state index contributed by atoms with van der Waals surface area (Å²) in [7, 11) is 1.32. The zero-order valence-electron chi connectivity index (χ0n) is 16.1. The summed E-state index contributed by atoms with van der Waals surface area (Å²) < 4.78 is 4.76. The number of nitrogens with one attached hydrogen (secondary N) is 1. The molecule has 142 valence electrons. The molecule has 1 amide bonds. The summed E-state index contributed by atoms with van der Waals surface area (Å²) in [5.41, 5.74) is 1.99. The SMILES string of the molecule is COC(=O)c1sccc1NC(=O)c1sc2nc(C(C)(C)C)nc(C)c2c1C. The average Bonchev–Trinajstić information content (AvgIpc) is 3.18. The van der Waals surface area contributed by atoms with E-state index in [-0.39, 0.29) is 11.3 Å². The summed E-state index contributed by atoms with van der Waals surface area (Å²) in [6, 6.07) is 1.69. The van der Waals surface area contributed by atoms with Gasteiger partial charge in [0.2, 0.25) is 0 Å². The maximum absolute atomic E-state index is 12.9. The molecule has 3 heterocycles. The van der Waals surface area contributed by atoms with Gasteiger partial charge in [0.15, 0.2) is 0 Å². The van der Waals surface area contributed by atoms with Crippen molar-refractivity contribution in [1.29, 1.82) is 0 Å². The maximum atomic E-state index is 12.9. The van der Waals surface area contributed by atoms with Gasteiger partial charge in [-0.2, -0.15) is 0 Å². The molecular formula is C19H21N3O3S2. The number of aromatic nitrogens is 2. The van der Waals surface area contributed by atoms with Crippen molar-refractivity contribution >= 4 is 50.5 Å². The van der Waals surface area contributed by atoms with E-state index >= 15 is 0 Å². The summed E-state index contributed by atoms with van der Waals surface area (Å²) in [4.78, 5) is 35.7. The molecule has 0 unspecified atom stereocenters. The molecular weight excluding hydrogens is 382 g/mol. The van der Waals surface area contributed by atoms with Crippen LogP contribution in [0.2, 0.25) is 0 Å². The minimum atomic E-state index is -0.468. The van der Waals surface area contributed by atoms with Gasteiger partial charge in [-0.05, 0) is 30.9 Å². The molecule has 0 aliphatic heterocycles. The Labute approximate surface area is 165 Å². The fraction of sp³-hybridized carbons (Fsp3) is 0.368. The molecule has 3 aromatic heterocycles. The van der Waals surface area contributed by atoms with Crippen molar-refractivity contribution in [3.63, 3.8) is 0 Å². The van der Waals surface area contributed by atoms with Crippen LogP contribution in [0.5, 0.6) is 0 Å². The van der Waals surface area contributed by atoms with E-state index in [9.17, 15) is 9.59 Å². The van der Waals surface area contributed by atoms with E-state index in [0.717, 1.165) is 27.3 Å². The Hall–Kier alpha value is -2.32. The molecule has 27 heavy (non-hydrogen) atoms. The summed E-state index contributed by atoms with van der Waals surface area (Å²) in [5.74, 6) is 0.0205. The van der Waals surface area contributed by atoms with Crippen LogP contribution >= 0.6 is 22.7 Å². The molecule has 6 nitrogen and oxygen atoms in total. The summed E-state index contributed by atoms with van der Waals surface area (Å²) in [5, 5.41) is 5.48. The second-order valence-electron chi connectivity index (χ2n) is 7.23. The van der Waals surface area contributed by atoms with Crippen LogP contribution in [0.15, 0.2) is 11.4 Å². The van der Waals surface area contributed by atoms with Crippen molar-refractivity contribution in [3.05, 3.63) is 38.3 Å². The Morgan fingerprint density at radius 1 is 1.15 bits per heavy atom. The number of hydrogen-bond acceptors (Lipinski definition) is 7. The summed E-state index contributed by atoms with van der Waals surface area (Å²) in [6.07, 6.45) is 0. The third-order valence-electron chi connectivity index (χ3n) is 4.13. The van der Waals surface area contributed by atoms with Crippen LogP contribution in [0.3, 0.4) is 0 Å². The number of fused-ring (bicyclic) bond motifs is 1. The molecule has 0 aromatic carbocycles. The number of ether oxygens (including phenoxy) is 1. The third-order valence-corrected chi connectivity index (χ3v) is 6.21. The van der Waals surface area contributed by atoms with E-state index in [4.69, 9.17) is 4.74 Å². The highest BCUT2D eigenvalue weighted by Crippen LogP contribution is 2.34. The molecule has 0 aliphatic rings. The lowest BCUT2D eigenvalue weighted by molar-refractivity contribution is 0.0607. The molecule has 8 heteroatoms. The van der Waals surface area contributed by atoms with Crippen LogP contribution in [0.25, 0.3) is 10.2 Å². The van der Waals surface area contributed by atoms with Crippen LogP contribution in [-0.4, -0.2) is 29.0 Å². The van der Waals surface area contributed by atoms with E-state index in [0.29, 0.717) is 15.4 Å². The molecule has 3 rings (SSSR count). The van der Waals surface area contributed by atoms with Crippen LogP contribution < -0.4 is 5.32 Å². The van der Waals surface area contributed by atoms with Gasteiger partial charge in [-0.1, -0.05) is 20.8 Å². The van der Waals surface area contributed by atoms with Crippen molar-refractivity contribution in [2.24, 2.45) is 0 Å². The highest BCUT2D eigenvalue weighted by molar-refractivity contribution is 7.20. The smallest absolute Gasteiger partial charge is 0.350 e. The minimum Gasteiger partial charge on any atom is -0.465 e. The highest BCUT2D eigenvalue weighted by Gasteiger charge is 2.24. The number of hydrogen-bond donors (Lipinski definition) is 1. The number of methoxy groups -OCH3 is 1. The van der Waals surface area contributed by atoms with Gasteiger partial charge in [-0.25, -0.2) is 14.8 Å². The van der Waals surface area contributed by atoms with Crippen LogP contribution in [0.4, 0.5) is 5.69 Å². The molecule has 0 saturated carbocycles. The Morgan fingerprint density at radius 3 is 2.48 bits per heavy atom. The second kappa shape index (κ2) is 7.01. The predicted octanol–water partition coefficient (Wildman–Crippen LogP) is 4.71. The van der Waals surface area contributed by atoms with Crippen molar-refractivity contribution in [3.8, 4) is 0 Å². The number of aryl methyl sites for hydroxylation is 2. The Balaban J connectivity index is 2.01. The van der Waals surface area contributed by atoms with Crippen LogP contribution in [0.1, 0.15) is 57.2 Å². The number of carbonyl (C=O) groups is 2. The Kier molecular flexibility index (Phi) is 5.05. The summed E-state index contributed by atoms with van der Waals surface area (Å²) >= 11 is 2.57. The monoisotopic (exact) mass is 403 g/mol. The molecule has 0 atom stereocenters. The average molecular weight is 404 g/mol. The first-order valence-corrected chi connectivity index (χ1v) is 10.1. The van der Waals surface area contributed by atoms with E-state index < -0.39 is 5.97 Å². The van der Waals surface area contributed by atoms with Gasteiger partial charge in [0.25, 0.3) is 5.91 Å². The largest absolute Gasteiger partial charge is 0.465 e. The lowest BCUT2D eigenvalue weighted by Crippen LogP contribution is -2.16. The van der Waals surface area contributed by atoms with Crippen molar-refractivity contribution in [2.75, 3.05) is 12.4 Å². The fourth-order valence-electron chi connectivity index (χ4n) is 2.73. The van der Waals surface area contributed by atoms with Gasteiger partial charge in [-0.3, -0.25) is 4.79 Å². The second-order valence-corrected chi connectivity index (χ2v) is 9.14. The van der Waals surface area contributed by atoms with Crippen molar-refractivity contribution in [2.45, 2.75) is 40.0 Å². The maximum Gasteiger partial charge on any atom is 0.350 e. The third kappa shape index (κ3) is 3.59. The normalized spacial score (nSPS) is 11.6. The summed E-state index contributed by atoms with van der Waals surface area (Å²) in [6.45, 7) is 10.0. The van der Waals surface area contributed by atoms with E-state index in [1.807, 2.05) is 13.8 Å². The number of carbonyl (C=O) groups excluding carboxylic acids is 2. The number of amides is 1. The van der Waals surface area contributed by atoms with Gasteiger partial charge in [0.05, 0.1) is 23.4 Å². The van der Waals surface area contributed by atoms with Crippen LogP contribution in [-0.2, 0) is 10.2 Å². The topological polar surface area (TPSA) is 81.2 Å². The molecule has 0 fully saturated rings.